The summed E-state index contributed by atoms with van der Waals surface area (Å²) in [6.07, 6.45) is 0. The first-order valence-corrected chi connectivity index (χ1v) is 8.24. The molecule has 0 saturated heterocycles. The van der Waals surface area contributed by atoms with Crippen molar-refractivity contribution in [2.75, 3.05) is 0 Å². The third-order valence-corrected chi connectivity index (χ3v) is 5.00. The Kier molecular flexibility index (Phi) is 2.83. The number of carbonyl (C=O) groups is 1. The lowest BCUT2D eigenvalue weighted by Crippen LogP contribution is -1.99. The van der Waals surface area contributed by atoms with Crippen molar-refractivity contribution in [3.63, 3.8) is 0 Å². The number of hydrogen-bond acceptors (Lipinski definition) is 1. The predicted octanol–water partition coefficient (Wildman–Crippen LogP) is 5.85. The number of carboxylic acids is 1. The molecule has 0 unspecified atom stereocenters. The molecule has 0 heterocycles. The van der Waals surface area contributed by atoms with E-state index < -0.39 is 5.97 Å². The average Bonchev–Trinajstić information content (AvgIpc) is 2.98. The van der Waals surface area contributed by atoms with Gasteiger partial charge in [0, 0.05) is 0 Å². The molecule has 0 atom stereocenters. The van der Waals surface area contributed by atoms with Crippen LogP contribution in [0.15, 0.2) is 78.9 Å². The topological polar surface area (TPSA) is 37.3 Å². The van der Waals surface area contributed by atoms with Crippen molar-refractivity contribution < 1.29 is 9.90 Å². The van der Waals surface area contributed by atoms with Gasteiger partial charge in [0.15, 0.2) is 0 Å². The van der Waals surface area contributed by atoms with Crippen molar-refractivity contribution in [1.82, 2.24) is 0 Å². The van der Waals surface area contributed by atoms with Crippen LogP contribution in [0.5, 0.6) is 0 Å². The summed E-state index contributed by atoms with van der Waals surface area (Å²) in [5.74, 6) is -0.901. The van der Waals surface area contributed by atoms with Gasteiger partial charge in [-0.15, -0.1) is 0 Å². The van der Waals surface area contributed by atoms with Gasteiger partial charge in [-0.25, -0.2) is 4.79 Å². The molecule has 1 N–H and O–H groups in total. The van der Waals surface area contributed by atoms with Crippen LogP contribution >= 0.6 is 0 Å². The number of benzene rings is 4. The van der Waals surface area contributed by atoms with E-state index in [4.69, 9.17) is 0 Å². The van der Waals surface area contributed by atoms with Crippen LogP contribution in [0.25, 0.3) is 44.2 Å². The van der Waals surface area contributed by atoms with Crippen molar-refractivity contribution in [1.29, 1.82) is 0 Å². The highest BCUT2D eigenvalue weighted by molar-refractivity contribution is 6.19. The molecule has 0 bridgehead atoms. The third-order valence-electron chi connectivity index (χ3n) is 5.00. The second-order valence-corrected chi connectivity index (χ2v) is 6.29. The Balaban J connectivity index is 1.89. The van der Waals surface area contributed by atoms with E-state index in [0.29, 0.717) is 5.56 Å². The van der Waals surface area contributed by atoms with Crippen LogP contribution in [0.2, 0.25) is 0 Å². The highest BCUT2D eigenvalue weighted by atomic mass is 16.4. The normalized spacial score (nSPS) is 11.5. The van der Waals surface area contributed by atoms with Gasteiger partial charge in [-0.05, 0) is 50.2 Å². The molecule has 1 aliphatic carbocycles. The molecule has 5 rings (SSSR count). The van der Waals surface area contributed by atoms with Crippen molar-refractivity contribution in [3.8, 4) is 33.4 Å². The van der Waals surface area contributed by atoms with Gasteiger partial charge in [0.05, 0.1) is 5.56 Å². The maximum absolute atomic E-state index is 11.7. The Labute approximate surface area is 145 Å². The quantitative estimate of drug-likeness (QED) is 0.442. The molecule has 0 amide bonds. The Morgan fingerprint density at radius 3 is 1.84 bits per heavy atom. The standard InChI is InChI=1S/C23H14O2/c24-23(25)21-9-4-3-8-16(21)17-12-13-20-15-7-2-1-6-14(15)18-10-5-11-19(17)22(18)20/h1-13H,(H,24,25). The minimum atomic E-state index is -0.901. The van der Waals surface area contributed by atoms with Crippen LogP contribution in [0, 0.1) is 0 Å². The monoisotopic (exact) mass is 322 g/mol. The zero-order chi connectivity index (χ0) is 17.0. The van der Waals surface area contributed by atoms with E-state index in [1.807, 2.05) is 18.2 Å². The molecule has 118 valence electrons. The Hall–Kier alpha value is -3.39. The average molecular weight is 322 g/mol. The summed E-state index contributed by atoms with van der Waals surface area (Å²) in [4.78, 5) is 11.7. The highest BCUT2D eigenvalue weighted by Gasteiger charge is 2.23. The molecular formula is C23H14O2. The summed E-state index contributed by atoms with van der Waals surface area (Å²) < 4.78 is 0. The lowest BCUT2D eigenvalue weighted by molar-refractivity contribution is 0.0698. The van der Waals surface area contributed by atoms with E-state index in [-0.39, 0.29) is 0 Å². The molecular weight excluding hydrogens is 308 g/mol. The van der Waals surface area contributed by atoms with Gasteiger partial charge in [-0.3, -0.25) is 0 Å². The van der Waals surface area contributed by atoms with Gasteiger partial charge < -0.3 is 5.11 Å². The molecule has 0 fully saturated rings. The van der Waals surface area contributed by atoms with E-state index in [9.17, 15) is 9.90 Å². The Morgan fingerprint density at radius 2 is 1.12 bits per heavy atom. The smallest absolute Gasteiger partial charge is 0.336 e. The summed E-state index contributed by atoms with van der Waals surface area (Å²) in [5, 5.41) is 11.9. The summed E-state index contributed by atoms with van der Waals surface area (Å²) in [5.41, 5.74) is 6.98. The summed E-state index contributed by atoms with van der Waals surface area (Å²) in [6, 6.07) is 26.1. The number of rotatable bonds is 2. The molecule has 0 aromatic heterocycles. The van der Waals surface area contributed by atoms with Gasteiger partial charge in [0.1, 0.15) is 0 Å². The molecule has 0 saturated carbocycles. The van der Waals surface area contributed by atoms with Crippen LogP contribution in [-0.2, 0) is 0 Å². The lowest BCUT2D eigenvalue weighted by Gasteiger charge is -2.11. The number of aromatic carboxylic acids is 1. The lowest BCUT2D eigenvalue weighted by atomic mass is 9.92. The van der Waals surface area contributed by atoms with Crippen LogP contribution < -0.4 is 0 Å². The highest BCUT2D eigenvalue weighted by Crippen LogP contribution is 2.49. The fourth-order valence-electron chi connectivity index (χ4n) is 3.95. The zero-order valence-corrected chi connectivity index (χ0v) is 13.4. The minimum Gasteiger partial charge on any atom is -0.478 e. The minimum absolute atomic E-state index is 0.332. The number of fused-ring (bicyclic) bond motifs is 3. The van der Waals surface area contributed by atoms with E-state index in [1.165, 1.54) is 27.6 Å². The first-order valence-electron chi connectivity index (χ1n) is 8.24. The maximum Gasteiger partial charge on any atom is 0.336 e. The largest absolute Gasteiger partial charge is 0.478 e. The van der Waals surface area contributed by atoms with Gasteiger partial charge in [0.2, 0.25) is 0 Å². The fourth-order valence-corrected chi connectivity index (χ4v) is 3.95. The molecule has 1 aliphatic rings. The second-order valence-electron chi connectivity index (χ2n) is 6.29. The second kappa shape index (κ2) is 5.05. The van der Waals surface area contributed by atoms with Gasteiger partial charge in [-0.2, -0.15) is 0 Å². The fraction of sp³-hybridized carbons (Fsp3) is 0. The van der Waals surface area contributed by atoms with Gasteiger partial charge >= 0.3 is 5.97 Å². The van der Waals surface area contributed by atoms with Crippen LogP contribution in [-0.4, -0.2) is 11.1 Å². The summed E-state index contributed by atoms with van der Waals surface area (Å²) in [7, 11) is 0. The van der Waals surface area contributed by atoms with Crippen LogP contribution in [0.3, 0.4) is 0 Å². The molecule has 4 aromatic carbocycles. The number of carboxylic acid groups (broad SMARTS) is 1. The molecule has 2 nitrogen and oxygen atoms in total. The third kappa shape index (κ3) is 1.88. The van der Waals surface area contributed by atoms with Crippen LogP contribution in [0.1, 0.15) is 10.4 Å². The van der Waals surface area contributed by atoms with Crippen molar-refractivity contribution in [2.24, 2.45) is 0 Å². The molecule has 0 aliphatic heterocycles. The molecule has 0 spiro atoms. The summed E-state index contributed by atoms with van der Waals surface area (Å²) in [6.45, 7) is 0. The first-order chi connectivity index (χ1) is 12.3. The van der Waals surface area contributed by atoms with Crippen molar-refractivity contribution in [2.45, 2.75) is 0 Å². The molecule has 2 heteroatoms. The maximum atomic E-state index is 11.7. The van der Waals surface area contributed by atoms with Crippen molar-refractivity contribution in [3.05, 3.63) is 84.4 Å². The number of hydrogen-bond donors (Lipinski definition) is 1. The van der Waals surface area contributed by atoms with E-state index in [2.05, 4.69) is 48.5 Å². The first kappa shape index (κ1) is 14.0. The van der Waals surface area contributed by atoms with E-state index in [0.717, 1.165) is 16.5 Å². The Morgan fingerprint density at radius 1 is 0.560 bits per heavy atom. The van der Waals surface area contributed by atoms with Gasteiger partial charge in [0.25, 0.3) is 0 Å². The predicted molar refractivity (Wildman–Crippen MR) is 101 cm³/mol. The molecule has 4 aromatic rings. The van der Waals surface area contributed by atoms with Crippen molar-refractivity contribution >= 4 is 16.7 Å². The van der Waals surface area contributed by atoms with E-state index >= 15 is 0 Å². The molecule has 25 heavy (non-hydrogen) atoms. The molecule has 0 radical (unpaired) electrons. The van der Waals surface area contributed by atoms with Crippen LogP contribution in [0.4, 0.5) is 0 Å². The SMILES string of the molecule is O=C(O)c1ccccc1-c1ccc2c3c(cccc13)-c1ccccc1-2. The zero-order valence-electron chi connectivity index (χ0n) is 13.4. The van der Waals surface area contributed by atoms with E-state index in [1.54, 1.807) is 12.1 Å². The summed E-state index contributed by atoms with van der Waals surface area (Å²) >= 11 is 0. The van der Waals surface area contributed by atoms with Gasteiger partial charge in [-0.1, -0.05) is 72.8 Å². The Bertz CT molecular complexity index is 1140.